The van der Waals surface area contributed by atoms with Gasteiger partial charge in [-0.1, -0.05) is 58.0 Å². The minimum absolute atomic E-state index is 0.376. The molecule has 0 bridgehead atoms. The van der Waals surface area contributed by atoms with Gasteiger partial charge in [0, 0.05) is 5.39 Å². The Hall–Kier alpha value is -2.02. The molecule has 0 unspecified atom stereocenters. The van der Waals surface area contributed by atoms with Crippen LogP contribution in [-0.2, 0) is 0 Å². The molecule has 0 aliphatic heterocycles. The minimum Gasteiger partial charge on any atom is -0.507 e. The fourth-order valence-electron chi connectivity index (χ4n) is 2.90. The van der Waals surface area contributed by atoms with Gasteiger partial charge in [0.15, 0.2) is 0 Å². The first-order valence-corrected chi connectivity index (χ1v) is 7.66. The highest BCUT2D eigenvalue weighted by atomic mass is 16.3. The van der Waals surface area contributed by atoms with Crippen LogP contribution in [0.4, 0.5) is 0 Å². The highest BCUT2D eigenvalue weighted by Gasteiger charge is 2.09. The van der Waals surface area contributed by atoms with Gasteiger partial charge in [-0.2, -0.15) is 0 Å². The van der Waals surface area contributed by atoms with Gasteiger partial charge in [0.1, 0.15) is 5.75 Å². The van der Waals surface area contributed by atoms with E-state index in [4.69, 9.17) is 0 Å². The zero-order valence-corrected chi connectivity index (χ0v) is 13.1. The Bertz CT molecular complexity index is 813. The largest absolute Gasteiger partial charge is 0.507 e. The summed E-state index contributed by atoms with van der Waals surface area (Å²) in [5.74, 6) is 1.34. The van der Waals surface area contributed by atoms with E-state index in [1.54, 1.807) is 0 Å². The van der Waals surface area contributed by atoms with Gasteiger partial charge in [-0.05, 0) is 51.3 Å². The van der Waals surface area contributed by atoms with Crippen molar-refractivity contribution in [2.75, 3.05) is 0 Å². The zero-order valence-electron chi connectivity index (χ0n) is 13.1. The molecule has 108 valence electrons. The Morgan fingerprint density at radius 2 is 1.24 bits per heavy atom. The topological polar surface area (TPSA) is 20.2 Å². The van der Waals surface area contributed by atoms with Crippen LogP contribution in [0, 0.1) is 0 Å². The van der Waals surface area contributed by atoms with Crippen LogP contribution >= 0.6 is 0 Å². The van der Waals surface area contributed by atoms with Gasteiger partial charge in [0.05, 0.1) is 0 Å². The average Bonchev–Trinajstić information content (AvgIpc) is 2.46. The molecule has 0 spiro atoms. The Balaban J connectivity index is 2.33. The second-order valence-corrected chi connectivity index (χ2v) is 6.49. The van der Waals surface area contributed by atoms with Crippen molar-refractivity contribution >= 4 is 21.5 Å². The molecule has 0 aromatic heterocycles. The molecule has 0 aliphatic rings. The molecular formula is C20H22O. The molecule has 0 heterocycles. The molecule has 0 saturated carbocycles. The molecule has 0 atom stereocenters. The molecule has 1 nitrogen and oxygen atoms in total. The summed E-state index contributed by atoms with van der Waals surface area (Å²) in [6.07, 6.45) is 0. The van der Waals surface area contributed by atoms with Crippen molar-refractivity contribution in [2.24, 2.45) is 0 Å². The maximum atomic E-state index is 10.4. The number of phenols is 1. The maximum absolute atomic E-state index is 10.4. The predicted molar refractivity (Wildman–Crippen MR) is 91.3 cm³/mol. The monoisotopic (exact) mass is 278 g/mol. The van der Waals surface area contributed by atoms with Crippen LogP contribution in [0.1, 0.15) is 50.7 Å². The molecule has 1 heteroatoms. The van der Waals surface area contributed by atoms with Crippen LogP contribution in [0.25, 0.3) is 21.5 Å². The summed E-state index contributed by atoms with van der Waals surface area (Å²) in [6.45, 7) is 8.73. The Morgan fingerprint density at radius 1 is 0.667 bits per heavy atom. The van der Waals surface area contributed by atoms with Crippen LogP contribution in [-0.4, -0.2) is 5.11 Å². The summed E-state index contributed by atoms with van der Waals surface area (Å²) in [6, 6.07) is 14.9. The lowest BCUT2D eigenvalue weighted by molar-refractivity contribution is 0.482. The molecule has 0 amide bonds. The third-order valence-corrected chi connectivity index (χ3v) is 4.31. The number of hydrogen-bond acceptors (Lipinski definition) is 1. The van der Waals surface area contributed by atoms with E-state index < -0.39 is 0 Å². The average molecular weight is 278 g/mol. The Labute approximate surface area is 126 Å². The lowest BCUT2D eigenvalue weighted by Crippen LogP contribution is -1.90. The third kappa shape index (κ3) is 2.37. The highest BCUT2D eigenvalue weighted by molar-refractivity contribution is 6.10. The summed E-state index contributed by atoms with van der Waals surface area (Å²) >= 11 is 0. The fraction of sp³-hybridized carbons (Fsp3) is 0.300. The fourth-order valence-corrected chi connectivity index (χ4v) is 2.90. The lowest BCUT2D eigenvalue weighted by Gasteiger charge is -2.12. The molecule has 0 fully saturated rings. The van der Waals surface area contributed by atoms with Crippen molar-refractivity contribution in [1.82, 2.24) is 0 Å². The van der Waals surface area contributed by atoms with Crippen LogP contribution in [0.15, 0.2) is 42.5 Å². The normalized spacial score (nSPS) is 11.9. The first-order chi connectivity index (χ1) is 9.97. The van der Waals surface area contributed by atoms with E-state index in [9.17, 15) is 5.11 Å². The molecule has 0 saturated heterocycles. The van der Waals surface area contributed by atoms with Crippen molar-refractivity contribution in [1.29, 1.82) is 0 Å². The van der Waals surface area contributed by atoms with E-state index in [0.29, 0.717) is 17.6 Å². The van der Waals surface area contributed by atoms with Gasteiger partial charge in [0.25, 0.3) is 0 Å². The van der Waals surface area contributed by atoms with E-state index >= 15 is 0 Å². The van der Waals surface area contributed by atoms with Crippen molar-refractivity contribution in [3.63, 3.8) is 0 Å². The number of aromatic hydroxyl groups is 1. The maximum Gasteiger partial charge on any atom is 0.124 e. The second-order valence-electron chi connectivity index (χ2n) is 6.49. The van der Waals surface area contributed by atoms with Crippen molar-refractivity contribution in [3.8, 4) is 5.75 Å². The lowest BCUT2D eigenvalue weighted by atomic mass is 9.93. The second kappa shape index (κ2) is 5.07. The number of hydrogen-bond donors (Lipinski definition) is 1. The first-order valence-electron chi connectivity index (χ1n) is 7.66. The molecule has 0 aliphatic carbocycles. The highest BCUT2D eigenvalue weighted by Crippen LogP contribution is 2.35. The minimum atomic E-state index is 0.376. The van der Waals surface area contributed by atoms with Crippen molar-refractivity contribution in [2.45, 2.75) is 39.5 Å². The Kier molecular flexibility index (Phi) is 3.36. The zero-order chi connectivity index (χ0) is 15.1. The quantitative estimate of drug-likeness (QED) is 0.575. The van der Waals surface area contributed by atoms with E-state index in [0.717, 1.165) is 16.2 Å². The van der Waals surface area contributed by atoms with E-state index in [2.05, 4.69) is 64.1 Å². The number of phenolic OH excluding ortho intramolecular Hbond substituents is 1. The van der Waals surface area contributed by atoms with Crippen LogP contribution in [0.3, 0.4) is 0 Å². The van der Waals surface area contributed by atoms with E-state index in [1.165, 1.54) is 16.5 Å². The van der Waals surface area contributed by atoms with Gasteiger partial charge in [-0.25, -0.2) is 0 Å². The van der Waals surface area contributed by atoms with Crippen LogP contribution in [0.5, 0.6) is 5.75 Å². The van der Waals surface area contributed by atoms with Gasteiger partial charge in [-0.15, -0.1) is 0 Å². The predicted octanol–water partition coefficient (Wildman–Crippen LogP) is 5.95. The molecular weight excluding hydrogens is 256 g/mol. The van der Waals surface area contributed by atoms with Gasteiger partial charge >= 0.3 is 0 Å². The van der Waals surface area contributed by atoms with Gasteiger partial charge in [0.2, 0.25) is 0 Å². The van der Waals surface area contributed by atoms with Gasteiger partial charge in [-0.3, -0.25) is 0 Å². The summed E-state index contributed by atoms with van der Waals surface area (Å²) in [5, 5.41) is 14.8. The molecule has 3 aromatic rings. The Morgan fingerprint density at radius 3 is 1.86 bits per heavy atom. The molecule has 0 radical (unpaired) electrons. The smallest absolute Gasteiger partial charge is 0.124 e. The van der Waals surface area contributed by atoms with E-state index in [1.807, 2.05) is 6.07 Å². The van der Waals surface area contributed by atoms with Crippen molar-refractivity contribution in [3.05, 3.63) is 53.6 Å². The summed E-state index contributed by atoms with van der Waals surface area (Å²) in [4.78, 5) is 0. The summed E-state index contributed by atoms with van der Waals surface area (Å²) in [5.41, 5.74) is 2.57. The molecule has 3 rings (SSSR count). The standard InChI is InChI=1S/C20H22O/c1-12(2)14-5-7-17-16(9-14)11-20(21)19-10-15(13(3)4)6-8-18(17)19/h5-13,21H,1-4H3. The van der Waals surface area contributed by atoms with Crippen LogP contribution < -0.4 is 0 Å². The first kappa shape index (κ1) is 13.9. The summed E-state index contributed by atoms with van der Waals surface area (Å²) < 4.78 is 0. The van der Waals surface area contributed by atoms with Crippen LogP contribution in [0.2, 0.25) is 0 Å². The van der Waals surface area contributed by atoms with Gasteiger partial charge < -0.3 is 5.11 Å². The SMILES string of the molecule is CC(C)c1ccc2c(c1)cc(O)c1cc(C(C)C)ccc12. The number of fused-ring (bicyclic) bond motifs is 3. The van der Waals surface area contributed by atoms with E-state index in [-0.39, 0.29) is 0 Å². The third-order valence-electron chi connectivity index (χ3n) is 4.31. The molecule has 21 heavy (non-hydrogen) atoms. The van der Waals surface area contributed by atoms with Crippen molar-refractivity contribution < 1.29 is 5.11 Å². The number of rotatable bonds is 2. The molecule has 1 N–H and O–H groups in total. The number of benzene rings is 3. The summed E-state index contributed by atoms with van der Waals surface area (Å²) in [7, 11) is 0. The molecule has 3 aromatic carbocycles.